The van der Waals surface area contributed by atoms with Crippen molar-refractivity contribution in [3.05, 3.63) is 35.4 Å². The van der Waals surface area contributed by atoms with E-state index in [4.69, 9.17) is 4.74 Å². The number of alkyl carbamates (subject to hydrolysis) is 1. The predicted octanol–water partition coefficient (Wildman–Crippen LogP) is 2.87. The summed E-state index contributed by atoms with van der Waals surface area (Å²) in [7, 11) is 1.81. The van der Waals surface area contributed by atoms with Crippen molar-refractivity contribution >= 4 is 11.8 Å². The molecule has 1 saturated carbocycles. The van der Waals surface area contributed by atoms with E-state index in [0.29, 0.717) is 12.5 Å². The summed E-state index contributed by atoms with van der Waals surface area (Å²) < 4.78 is 5.07. The molecule has 1 aliphatic heterocycles. The molecule has 106 valence electrons. The molecule has 3 rings (SSSR count). The monoisotopic (exact) mass is 272 g/mol. The maximum Gasteiger partial charge on any atom is 0.407 e. The standard InChI is InChI=1S/C16H20N2O2/c1-11(17-2)12-3-5-13(6-4-12)14-7-8-16(9-14)10-20-15(19)18-16/h3-6,14H,7-10H2,1-2H3,(H,18,19). The largest absolute Gasteiger partial charge is 0.447 e. The molecule has 4 nitrogen and oxygen atoms in total. The van der Waals surface area contributed by atoms with Crippen molar-refractivity contribution in [2.45, 2.75) is 37.6 Å². The highest BCUT2D eigenvalue weighted by Crippen LogP contribution is 2.42. The Balaban J connectivity index is 1.73. The fourth-order valence-corrected chi connectivity index (χ4v) is 3.27. The molecule has 1 amide bonds. The van der Waals surface area contributed by atoms with Gasteiger partial charge in [0.25, 0.3) is 0 Å². The molecule has 2 unspecified atom stereocenters. The SMILES string of the molecule is CN=C(C)c1ccc(C2CCC3(COC(=O)N3)C2)cc1. The van der Waals surface area contributed by atoms with Crippen LogP contribution in [-0.2, 0) is 4.74 Å². The van der Waals surface area contributed by atoms with Gasteiger partial charge in [0.1, 0.15) is 6.61 Å². The first-order chi connectivity index (χ1) is 9.62. The second kappa shape index (κ2) is 4.93. The lowest BCUT2D eigenvalue weighted by molar-refractivity contribution is 0.172. The number of hydrogen-bond donors (Lipinski definition) is 1. The van der Waals surface area contributed by atoms with E-state index in [1.165, 1.54) is 11.1 Å². The van der Waals surface area contributed by atoms with Crippen LogP contribution in [0.3, 0.4) is 0 Å². The zero-order valence-corrected chi connectivity index (χ0v) is 12.0. The summed E-state index contributed by atoms with van der Waals surface area (Å²) in [5, 5.41) is 2.99. The van der Waals surface area contributed by atoms with Crippen molar-refractivity contribution in [2.24, 2.45) is 4.99 Å². The number of amides is 1. The van der Waals surface area contributed by atoms with E-state index in [9.17, 15) is 4.79 Å². The van der Waals surface area contributed by atoms with Crippen LogP contribution >= 0.6 is 0 Å². The minimum Gasteiger partial charge on any atom is -0.447 e. The summed E-state index contributed by atoms with van der Waals surface area (Å²) in [4.78, 5) is 15.5. The van der Waals surface area contributed by atoms with Crippen LogP contribution in [0, 0.1) is 0 Å². The van der Waals surface area contributed by atoms with Crippen LogP contribution in [0.2, 0.25) is 0 Å². The Kier molecular flexibility index (Phi) is 3.24. The summed E-state index contributed by atoms with van der Waals surface area (Å²) in [6, 6.07) is 8.63. The van der Waals surface area contributed by atoms with Crippen LogP contribution in [0.25, 0.3) is 0 Å². The summed E-state index contributed by atoms with van der Waals surface area (Å²) in [5.41, 5.74) is 3.44. The fraction of sp³-hybridized carbons (Fsp3) is 0.500. The van der Waals surface area contributed by atoms with Gasteiger partial charge in [-0.25, -0.2) is 4.79 Å². The minimum atomic E-state index is -0.268. The Morgan fingerprint density at radius 2 is 2.15 bits per heavy atom. The lowest BCUT2D eigenvalue weighted by Gasteiger charge is -2.20. The number of benzene rings is 1. The smallest absolute Gasteiger partial charge is 0.407 e. The average Bonchev–Trinajstić information content (AvgIpc) is 3.05. The molecule has 20 heavy (non-hydrogen) atoms. The van der Waals surface area contributed by atoms with Crippen molar-refractivity contribution < 1.29 is 9.53 Å². The first-order valence-electron chi connectivity index (χ1n) is 7.10. The van der Waals surface area contributed by atoms with E-state index in [1.807, 2.05) is 14.0 Å². The summed E-state index contributed by atoms with van der Waals surface area (Å²) in [5.74, 6) is 0.505. The third-order valence-corrected chi connectivity index (χ3v) is 4.59. The molecular formula is C16H20N2O2. The van der Waals surface area contributed by atoms with Crippen LogP contribution in [0.4, 0.5) is 4.79 Å². The molecule has 0 aromatic heterocycles. The van der Waals surface area contributed by atoms with Crippen molar-refractivity contribution in [3.8, 4) is 0 Å². The summed E-state index contributed by atoms with van der Waals surface area (Å²) >= 11 is 0. The number of cyclic esters (lactones) is 1. The number of aliphatic imine (C=N–C) groups is 1. The molecule has 1 heterocycles. The highest BCUT2D eigenvalue weighted by molar-refractivity contribution is 5.98. The lowest BCUT2D eigenvalue weighted by Crippen LogP contribution is -2.40. The van der Waals surface area contributed by atoms with E-state index in [0.717, 1.165) is 25.0 Å². The van der Waals surface area contributed by atoms with E-state index in [2.05, 4.69) is 34.6 Å². The lowest BCUT2D eigenvalue weighted by atomic mass is 9.92. The van der Waals surface area contributed by atoms with E-state index < -0.39 is 0 Å². The van der Waals surface area contributed by atoms with Crippen LogP contribution in [-0.4, -0.2) is 31.0 Å². The molecule has 1 aromatic rings. The van der Waals surface area contributed by atoms with Crippen LogP contribution in [0.15, 0.2) is 29.3 Å². The van der Waals surface area contributed by atoms with Gasteiger partial charge < -0.3 is 10.1 Å². The maximum absolute atomic E-state index is 11.3. The molecule has 1 aliphatic carbocycles. The van der Waals surface area contributed by atoms with Crippen molar-refractivity contribution in [2.75, 3.05) is 13.7 Å². The third kappa shape index (κ3) is 2.30. The first-order valence-corrected chi connectivity index (χ1v) is 7.10. The molecule has 2 aliphatic rings. The second-order valence-electron chi connectivity index (χ2n) is 5.85. The molecule has 2 atom stereocenters. The van der Waals surface area contributed by atoms with Gasteiger partial charge >= 0.3 is 6.09 Å². The Bertz CT molecular complexity index is 550. The Hall–Kier alpha value is -1.84. The number of rotatable bonds is 2. The Morgan fingerprint density at radius 3 is 2.75 bits per heavy atom. The second-order valence-corrected chi connectivity index (χ2v) is 5.85. The molecule has 1 saturated heterocycles. The van der Waals surface area contributed by atoms with Gasteiger partial charge in [0.15, 0.2) is 0 Å². The first kappa shape index (κ1) is 13.2. The van der Waals surface area contributed by atoms with E-state index in [1.54, 1.807) is 0 Å². The number of carbonyl (C=O) groups is 1. The van der Waals surface area contributed by atoms with Crippen molar-refractivity contribution in [3.63, 3.8) is 0 Å². The number of nitrogens with one attached hydrogen (secondary N) is 1. The van der Waals surface area contributed by atoms with Gasteiger partial charge in [-0.05, 0) is 43.2 Å². The van der Waals surface area contributed by atoms with Crippen LogP contribution in [0.5, 0.6) is 0 Å². The minimum absolute atomic E-state index is 0.124. The Labute approximate surface area is 119 Å². The molecule has 4 heteroatoms. The predicted molar refractivity (Wildman–Crippen MR) is 78.4 cm³/mol. The number of nitrogens with zero attached hydrogens (tertiary/aromatic N) is 1. The number of carbonyl (C=O) groups excluding carboxylic acids is 1. The normalized spacial score (nSPS) is 29.6. The average molecular weight is 272 g/mol. The van der Waals surface area contributed by atoms with Gasteiger partial charge in [-0.15, -0.1) is 0 Å². The molecule has 1 N–H and O–H groups in total. The van der Waals surface area contributed by atoms with Gasteiger partial charge in [0, 0.05) is 12.8 Å². The van der Waals surface area contributed by atoms with Gasteiger partial charge in [0.2, 0.25) is 0 Å². The van der Waals surface area contributed by atoms with Gasteiger partial charge in [0.05, 0.1) is 5.54 Å². The Morgan fingerprint density at radius 1 is 1.40 bits per heavy atom. The van der Waals surface area contributed by atoms with Gasteiger partial charge in [-0.3, -0.25) is 4.99 Å². The summed E-state index contributed by atoms with van der Waals surface area (Å²) in [6.07, 6.45) is 2.80. The van der Waals surface area contributed by atoms with Crippen LogP contribution in [0.1, 0.15) is 43.2 Å². The number of ether oxygens (including phenoxy) is 1. The van der Waals surface area contributed by atoms with Crippen molar-refractivity contribution in [1.29, 1.82) is 0 Å². The fourth-order valence-electron chi connectivity index (χ4n) is 3.27. The van der Waals surface area contributed by atoms with Crippen LogP contribution < -0.4 is 5.32 Å². The van der Waals surface area contributed by atoms with E-state index >= 15 is 0 Å². The molecule has 1 spiro atoms. The number of hydrogen-bond acceptors (Lipinski definition) is 3. The molecular weight excluding hydrogens is 252 g/mol. The van der Waals surface area contributed by atoms with Gasteiger partial charge in [-0.2, -0.15) is 0 Å². The maximum atomic E-state index is 11.3. The molecule has 2 fully saturated rings. The van der Waals surface area contributed by atoms with E-state index in [-0.39, 0.29) is 11.6 Å². The molecule has 0 radical (unpaired) electrons. The molecule has 1 aromatic carbocycles. The molecule has 0 bridgehead atoms. The highest BCUT2D eigenvalue weighted by Gasteiger charge is 2.45. The zero-order valence-electron chi connectivity index (χ0n) is 12.0. The zero-order chi connectivity index (χ0) is 14.2. The quantitative estimate of drug-likeness (QED) is 0.842. The topological polar surface area (TPSA) is 50.7 Å². The third-order valence-electron chi connectivity index (χ3n) is 4.59. The van der Waals surface area contributed by atoms with Crippen molar-refractivity contribution in [1.82, 2.24) is 5.32 Å². The highest BCUT2D eigenvalue weighted by atomic mass is 16.6. The summed E-state index contributed by atoms with van der Waals surface area (Å²) in [6.45, 7) is 2.53. The van der Waals surface area contributed by atoms with Gasteiger partial charge in [-0.1, -0.05) is 24.3 Å².